The number of nitrogens with two attached hydrogens (primary N) is 1. The highest BCUT2D eigenvalue weighted by Crippen LogP contribution is 2.19. The minimum absolute atomic E-state index is 0.0200. The highest BCUT2D eigenvalue weighted by atomic mass is 19.3. The zero-order valence-electron chi connectivity index (χ0n) is 10.9. The van der Waals surface area contributed by atoms with Gasteiger partial charge < -0.3 is 15.8 Å². The van der Waals surface area contributed by atoms with Gasteiger partial charge >= 0.3 is 6.61 Å². The average Bonchev–Trinajstić information content (AvgIpc) is 2.41. The number of aromatic nitrogens is 1. The third-order valence-corrected chi connectivity index (χ3v) is 2.53. The van der Waals surface area contributed by atoms with Crippen LogP contribution in [0.1, 0.15) is 5.69 Å². The molecular formula is C14H13F2N3O2. The molecule has 0 spiro atoms. The summed E-state index contributed by atoms with van der Waals surface area (Å²) < 4.78 is 28.5. The van der Waals surface area contributed by atoms with Crippen LogP contribution in [-0.2, 0) is 11.2 Å². The summed E-state index contributed by atoms with van der Waals surface area (Å²) in [6.45, 7) is -2.91. The Kier molecular flexibility index (Phi) is 4.65. The fourth-order valence-corrected chi connectivity index (χ4v) is 1.66. The minimum atomic E-state index is -2.91. The first-order valence-electron chi connectivity index (χ1n) is 6.08. The number of carbonyl (C=O) groups is 1. The molecule has 1 aromatic heterocycles. The van der Waals surface area contributed by atoms with E-state index in [1.807, 2.05) is 0 Å². The summed E-state index contributed by atoms with van der Waals surface area (Å²) in [4.78, 5) is 15.8. The Morgan fingerprint density at radius 1 is 1.33 bits per heavy atom. The van der Waals surface area contributed by atoms with Crippen molar-refractivity contribution in [2.45, 2.75) is 13.0 Å². The lowest BCUT2D eigenvalue weighted by Gasteiger charge is -2.08. The van der Waals surface area contributed by atoms with Crippen LogP contribution in [0, 0.1) is 0 Å². The summed E-state index contributed by atoms with van der Waals surface area (Å²) in [6.07, 6.45) is 1.51. The summed E-state index contributed by atoms with van der Waals surface area (Å²) >= 11 is 0. The zero-order valence-corrected chi connectivity index (χ0v) is 10.9. The molecule has 2 rings (SSSR count). The largest absolute Gasteiger partial charge is 0.435 e. The summed E-state index contributed by atoms with van der Waals surface area (Å²) in [5.74, 6) is -0.338. The molecule has 3 N–H and O–H groups in total. The molecule has 0 saturated carbocycles. The fraction of sp³-hybridized carbons (Fsp3) is 0.143. The van der Waals surface area contributed by atoms with E-state index >= 15 is 0 Å². The summed E-state index contributed by atoms with van der Waals surface area (Å²) in [5.41, 5.74) is 6.94. The van der Waals surface area contributed by atoms with Crippen LogP contribution in [0.2, 0.25) is 0 Å². The van der Waals surface area contributed by atoms with E-state index in [0.29, 0.717) is 17.1 Å². The molecule has 0 radical (unpaired) electrons. The van der Waals surface area contributed by atoms with Crippen LogP contribution in [0.15, 0.2) is 42.6 Å². The van der Waals surface area contributed by atoms with E-state index in [-0.39, 0.29) is 18.1 Å². The van der Waals surface area contributed by atoms with Crippen molar-refractivity contribution in [3.05, 3.63) is 48.3 Å². The third kappa shape index (κ3) is 4.72. The van der Waals surface area contributed by atoms with Gasteiger partial charge in [-0.2, -0.15) is 8.78 Å². The number of halogens is 2. The minimum Gasteiger partial charge on any atom is -0.435 e. The van der Waals surface area contributed by atoms with Crippen LogP contribution in [0.4, 0.5) is 20.2 Å². The molecule has 0 unspecified atom stereocenters. The molecule has 5 nitrogen and oxygen atoms in total. The molecule has 0 aliphatic rings. The summed E-state index contributed by atoms with van der Waals surface area (Å²) in [5, 5.41) is 2.58. The smallest absolute Gasteiger partial charge is 0.387 e. The predicted molar refractivity (Wildman–Crippen MR) is 74.1 cm³/mol. The standard InChI is InChI=1S/C14H13F2N3O2/c15-14(16)21-12-3-1-2-11(6-12)19-13(20)7-10-5-4-9(17)8-18-10/h1-6,8,14H,7,17H2,(H,19,20). The van der Waals surface area contributed by atoms with Gasteiger partial charge in [0, 0.05) is 17.4 Å². The molecule has 1 aromatic carbocycles. The van der Waals surface area contributed by atoms with Crippen LogP contribution < -0.4 is 15.8 Å². The lowest BCUT2D eigenvalue weighted by molar-refractivity contribution is -0.115. The van der Waals surface area contributed by atoms with Crippen LogP contribution in [-0.4, -0.2) is 17.5 Å². The predicted octanol–water partition coefficient (Wildman–Crippen LogP) is 2.45. The number of benzene rings is 1. The Labute approximate surface area is 119 Å². The second kappa shape index (κ2) is 6.65. The Bertz CT molecular complexity index is 618. The number of nitrogen functional groups attached to an aromatic ring is 1. The number of alkyl halides is 2. The number of rotatable bonds is 5. The van der Waals surface area contributed by atoms with Gasteiger partial charge in [0.05, 0.1) is 18.3 Å². The Morgan fingerprint density at radius 2 is 2.14 bits per heavy atom. The normalized spacial score (nSPS) is 10.4. The molecule has 7 heteroatoms. The van der Waals surface area contributed by atoms with Gasteiger partial charge in [0.15, 0.2) is 0 Å². The van der Waals surface area contributed by atoms with E-state index in [2.05, 4.69) is 15.0 Å². The molecule has 21 heavy (non-hydrogen) atoms. The second-order valence-electron chi connectivity index (χ2n) is 4.21. The van der Waals surface area contributed by atoms with Gasteiger partial charge in [0.25, 0.3) is 0 Å². The molecule has 1 heterocycles. The zero-order chi connectivity index (χ0) is 15.2. The van der Waals surface area contributed by atoms with Gasteiger partial charge in [0.2, 0.25) is 5.91 Å². The first kappa shape index (κ1) is 14.7. The fourth-order valence-electron chi connectivity index (χ4n) is 1.66. The Balaban J connectivity index is 1.97. The van der Waals surface area contributed by atoms with Gasteiger partial charge in [-0.05, 0) is 24.3 Å². The van der Waals surface area contributed by atoms with E-state index < -0.39 is 6.61 Å². The highest BCUT2D eigenvalue weighted by molar-refractivity contribution is 5.92. The van der Waals surface area contributed by atoms with E-state index in [1.165, 1.54) is 24.4 Å². The molecule has 1 amide bonds. The van der Waals surface area contributed by atoms with Gasteiger partial charge in [-0.3, -0.25) is 9.78 Å². The highest BCUT2D eigenvalue weighted by Gasteiger charge is 2.08. The maximum atomic E-state index is 12.1. The van der Waals surface area contributed by atoms with Crippen molar-refractivity contribution < 1.29 is 18.3 Å². The molecule has 0 saturated heterocycles. The van der Waals surface area contributed by atoms with Crippen molar-refractivity contribution in [3.63, 3.8) is 0 Å². The van der Waals surface area contributed by atoms with Gasteiger partial charge in [-0.1, -0.05) is 6.07 Å². The quantitative estimate of drug-likeness (QED) is 0.887. The van der Waals surface area contributed by atoms with E-state index in [9.17, 15) is 13.6 Å². The SMILES string of the molecule is Nc1ccc(CC(=O)Nc2cccc(OC(F)F)c2)nc1. The number of amides is 1. The van der Waals surface area contributed by atoms with Crippen molar-refractivity contribution >= 4 is 17.3 Å². The van der Waals surface area contributed by atoms with Crippen molar-refractivity contribution in [1.82, 2.24) is 4.98 Å². The number of carbonyl (C=O) groups excluding carboxylic acids is 1. The van der Waals surface area contributed by atoms with Crippen LogP contribution >= 0.6 is 0 Å². The van der Waals surface area contributed by atoms with Gasteiger partial charge in [-0.25, -0.2) is 0 Å². The second-order valence-corrected chi connectivity index (χ2v) is 4.21. The monoisotopic (exact) mass is 293 g/mol. The van der Waals surface area contributed by atoms with Gasteiger partial charge in [0.1, 0.15) is 5.75 Å². The van der Waals surface area contributed by atoms with Crippen LogP contribution in [0.3, 0.4) is 0 Å². The molecule has 0 fully saturated rings. The molecule has 2 aromatic rings. The number of hydrogen-bond acceptors (Lipinski definition) is 4. The molecule has 0 atom stereocenters. The van der Waals surface area contributed by atoms with E-state index in [1.54, 1.807) is 18.2 Å². The first-order chi connectivity index (χ1) is 10.0. The number of hydrogen-bond donors (Lipinski definition) is 2. The molecule has 0 aliphatic heterocycles. The lowest BCUT2D eigenvalue weighted by atomic mass is 10.2. The lowest BCUT2D eigenvalue weighted by Crippen LogP contribution is -2.15. The average molecular weight is 293 g/mol. The first-order valence-corrected chi connectivity index (χ1v) is 6.08. The molecule has 110 valence electrons. The number of nitrogens with one attached hydrogen (secondary N) is 1. The number of anilines is 2. The molecule has 0 bridgehead atoms. The maximum absolute atomic E-state index is 12.1. The molecular weight excluding hydrogens is 280 g/mol. The number of nitrogens with zero attached hydrogens (tertiary/aromatic N) is 1. The topological polar surface area (TPSA) is 77.2 Å². The van der Waals surface area contributed by atoms with Crippen LogP contribution in [0.5, 0.6) is 5.75 Å². The Morgan fingerprint density at radius 3 is 2.81 bits per heavy atom. The maximum Gasteiger partial charge on any atom is 0.387 e. The van der Waals surface area contributed by atoms with E-state index in [0.717, 1.165) is 0 Å². The van der Waals surface area contributed by atoms with Crippen LogP contribution in [0.25, 0.3) is 0 Å². The summed E-state index contributed by atoms with van der Waals surface area (Å²) in [6, 6.07) is 9.07. The summed E-state index contributed by atoms with van der Waals surface area (Å²) in [7, 11) is 0. The number of pyridine rings is 1. The van der Waals surface area contributed by atoms with E-state index in [4.69, 9.17) is 5.73 Å². The van der Waals surface area contributed by atoms with Gasteiger partial charge in [-0.15, -0.1) is 0 Å². The van der Waals surface area contributed by atoms with Crippen molar-refractivity contribution in [1.29, 1.82) is 0 Å². The van der Waals surface area contributed by atoms with Crippen molar-refractivity contribution in [3.8, 4) is 5.75 Å². The van der Waals surface area contributed by atoms with Crippen molar-refractivity contribution in [2.75, 3.05) is 11.1 Å². The van der Waals surface area contributed by atoms with Crippen molar-refractivity contribution in [2.24, 2.45) is 0 Å². The number of ether oxygens (including phenoxy) is 1. The Hall–Kier alpha value is -2.70. The molecule has 0 aliphatic carbocycles. The third-order valence-electron chi connectivity index (χ3n) is 2.53.